The van der Waals surface area contributed by atoms with Crippen molar-refractivity contribution in [3.05, 3.63) is 40.1 Å². The first-order valence-corrected chi connectivity index (χ1v) is 9.13. The number of hydrogen-bond donors (Lipinski definition) is 1. The fraction of sp³-hybridized carbons (Fsp3) is 0.529. The summed E-state index contributed by atoms with van der Waals surface area (Å²) in [6, 6.07) is 2.13. The molecule has 1 aliphatic rings. The van der Waals surface area contributed by atoms with Gasteiger partial charge in [0.2, 0.25) is 0 Å². The molecule has 0 atom stereocenters. The first kappa shape index (κ1) is 17.1. The zero-order valence-corrected chi connectivity index (χ0v) is 16.2. The number of nitrogens with one attached hydrogen (secondary N) is 1. The highest BCUT2D eigenvalue weighted by Crippen LogP contribution is 2.16. The zero-order chi connectivity index (χ0) is 17.1. The Kier molecular flexibility index (Phi) is 5.28. The molecule has 0 bridgehead atoms. The van der Waals surface area contributed by atoms with Crippen molar-refractivity contribution in [2.24, 2.45) is 12.0 Å². The highest BCUT2D eigenvalue weighted by atomic mass is 79.9. The maximum Gasteiger partial charge on any atom is 0.194 e. The normalized spacial score (nSPS) is 14.6. The Balaban J connectivity index is 1.60. The van der Waals surface area contributed by atoms with E-state index in [1.54, 1.807) is 0 Å². The maximum absolute atomic E-state index is 4.73. The Hall–Kier alpha value is -1.76. The third-order valence-corrected chi connectivity index (χ3v) is 4.87. The van der Waals surface area contributed by atoms with Crippen molar-refractivity contribution in [1.82, 2.24) is 24.3 Å². The molecular weight excluding hydrogens is 368 g/mol. The van der Waals surface area contributed by atoms with Gasteiger partial charge >= 0.3 is 0 Å². The molecule has 0 saturated heterocycles. The molecule has 0 aromatic carbocycles. The van der Waals surface area contributed by atoms with Crippen molar-refractivity contribution in [1.29, 1.82) is 0 Å². The van der Waals surface area contributed by atoms with Gasteiger partial charge < -0.3 is 19.4 Å². The average Bonchev–Trinajstić information content (AvgIpc) is 3.10. The number of rotatable bonds is 4. The highest BCUT2D eigenvalue weighted by molar-refractivity contribution is 9.10. The van der Waals surface area contributed by atoms with Gasteiger partial charge in [-0.2, -0.15) is 0 Å². The largest absolute Gasteiger partial charge is 0.352 e. The summed E-state index contributed by atoms with van der Waals surface area (Å²) in [6.45, 7) is 2.59. The molecule has 0 aliphatic carbocycles. The summed E-state index contributed by atoms with van der Waals surface area (Å²) < 4.78 is 5.51. The predicted molar refractivity (Wildman–Crippen MR) is 99.9 cm³/mol. The minimum Gasteiger partial charge on any atom is -0.352 e. The molecule has 0 unspecified atom stereocenters. The van der Waals surface area contributed by atoms with Gasteiger partial charge in [0.15, 0.2) is 5.96 Å². The lowest BCUT2D eigenvalue weighted by molar-refractivity contribution is 0.461. The van der Waals surface area contributed by atoms with Crippen molar-refractivity contribution < 1.29 is 0 Å². The van der Waals surface area contributed by atoms with Crippen LogP contribution in [0, 0.1) is 0 Å². The molecule has 3 rings (SSSR count). The summed E-state index contributed by atoms with van der Waals surface area (Å²) in [5, 5.41) is 3.42. The fourth-order valence-corrected chi connectivity index (χ4v) is 3.72. The van der Waals surface area contributed by atoms with E-state index in [4.69, 9.17) is 4.98 Å². The van der Waals surface area contributed by atoms with E-state index in [1.807, 2.05) is 7.05 Å². The molecule has 24 heavy (non-hydrogen) atoms. The Morgan fingerprint density at radius 3 is 2.92 bits per heavy atom. The molecule has 0 saturated carbocycles. The van der Waals surface area contributed by atoms with E-state index >= 15 is 0 Å². The molecule has 0 fully saturated rings. The third kappa shape index (κ3) is 3.83. The van der Waals surface area contributed by atoms with Gasteiger partial charge in [-0.1, -0.05) is 0 Å². The number of fused-ring (bicyclic) bond motifs is 1. The van der Waals surface area contributed by atoms with Gasteiger partial charge in [-0.15, -0.1) is 0 Å². The van der Waals surface area contributed by atoms with Crippen LogP contribution in [-0.4, -0.2) is 39.1 Å². The van der Waals surface area contributed by atoms with E-state index in [1.165, 1.54) is 24.4 Å². The van der Waals surface area contributed by atoms with Crippen molar-refractivity contribution in [2.45, 2.75) is 38.9 Å². The second kappa shape index (κ2) is 7.42. The molecule has 1 N–H and O–H groups in total. The van der Waals surface area contributed by atoms with Gasteiger partial charge in [0, 0.05) is 56.7 Å². The zero-order valence-electron chi connectivity index (χ0n) is 14.6. The van der Waals surface area contributed by atoms with Gasteiger partial charge in [-0.3, -0.25) is 4.99 Å². The summed E-state index contributed by atoms with van der Waals surface area (Å²) >= 11 is 3.52. The average molecular weight is 393 g/mol. The first-order chi connectivity index (χ1) is 11.6. The number of aryl methyl sites for hydroxylation is 3. The lowest BCUT2D eigenvalue weighted by atomic mass is 10.2. The van der Waals surface area contributed by atoms with Crippen LogP contribution < -0.4 is 5.32 Å². The van der Waals surface area contributed by atoms with Gasteiger partial charge in [-0.05, 0) is 34.8 Å². The van der Waals surface area contributed by atoms with E-state index < -0.39 is 0 Å². The second-order valence-electron chi connectivity index (χ2n) is 6.32. The van der Waals surface area contributed by atoms with Crippen molar-refractivity contribution in [3.63, 3.8) is 0 Å². The van der Waals surface area contributed by atoms with Crippen LogP contribution in [0.1, 0.15) is 30.1 Å². The van der Waals surface area contributed by atoms with Crippen LogP contribution in [0.5, 0.6) is 0 Å². The maximum atomic E-state index is 4.73. The van der Waals surface area contributed by atoms with E-state index in [9.17, 15) is 0 Å². The van der Waals surface area contributed by atoms with Crippen molar-refractivity contribution >= 4 is 21.9 Å². The van der Waals surface area contributed by atoms with E-state index in [0.29, 0.717) is 6.54 Å². The molecular formula is C17H25BrN6. The number of nitrogens with zero attached hydrogens (tertiary/aromatic N) is 5. The molecule has 7 heteroatoms. The Labute approximate surface area is 151 Å². The fourth-order valence-electron chi connectivity index (χ4n) is 3.15. The Morgan fingerprint density at radius 2 is 2.25 bits per heavy atom. The lowest BCUT2D eigenvalue weighted by Gasteiger charge is -2.22. The summed E-state index contributed by atoms with van der Waals surface area (Å²) in [5.41, 5.74) is 2.31. The number of guanidine groups is 1. The van der Waals surface area contributed by atoms with E-state index in [0.717, 1.165) is 35.6 Å². The molecule has 6 nitrogen and oxygen atoms in total. The molecule has 3 heterocycles. The van der Waals surface area contributed by atoms with E-state index in [-0.39, 0.29) is 0 Å². The summed E-state index contributed by atoms with van der Waals surface area (Å²) in [7, 11) is 5.92. The van der Waals surface area contributed by atoms with Crippen molar-refractivity contribution in [2.75, 3.05) is 14.1 Å². The molecule has 130 valence electrons. The Morgan fingerprint density at radius 1 is 1.42 bits per heavy atom. The summed E-state index contributed by atoms with van der Waals surface area (Å²) in [6.07, 6.45) is 7.84. The van der Waals surface area contributed by atoms with Gasteiger partial charge in [0.25, 0.3) is 0 Å². The minimum atomic E-state index is 0.702. The first-order valence-electron chi connectivity index (χ1n) is 8.34. The van der Waals surface area contributed by atoms with Crippen LogP contribution >= 0.6 is 15.9 Å². The standard InChI is InChI=1S/C17H25BrN6/c1-19-17(23(3)12-15-8-13(18)10-22(15)2)20-9-14-11-24-7-5-4-6-16(24)21-14/h8,10-11H,4-7,9,12H2,1-3H3,(H,19,20). The summed E-state index contributed by atoms with van der Waals surface area (Å²) in [4.78, 5) is 11.3. The second-order valence-corrected chi connectivity index (χ2v) is 7.23. The summed E-state index contributed by atoms with van der Waals surface area (Å²) in [5.74, 6) is 2.09. The number of hydrogen-bond acceptors (Lipinski definition) is 2. The molecule has 1 aliphatic heterocycles. The van der Waals surface area contributed by atoms with Crippen molar-refractivity contribution in [3.8, 4) is 0 Å². The lowest BCUT2D eigenvalue weighted by Crippen LogP contribution is -2.38. The van der Waals surface area contributed by atoms with Crippen LogP contribution in [0.15, 0.2) is 27.9 Å². The van der Waals surface area contributed by atoms with Gasteiger partial charge in [0.05, 0.1) is 18.8 Å². The van der Waals surface area contributed by atoms with Crippen LogP contribution in [0.25, 0.3) is 0 Å². The van der Waals surface area contributed by atoms with Crippen LogP contribution in [0.2, 0.25) is 0 Å². The molecule has 0 spiro atoms. The smallest absolute Gasteiger partial charge is 0.194 e. The molecule has 2 aromatic rings. The van der Waals surface area contributed by atoms with Crippen LogP contribution in [0.3, 0.4) is 0 Å². The molecule has 2 aromatic heterocycles. The third-order valence-electron chi connectivity index (χ3n) is 4.43. The highest BCUT2D eigenvalue weighted by Gasteiger charge is 2.14. The van der Waals surface area contributed by atoms with Gasteiger partial charge in [-0.25, -0.2) is 4.98 Å². The predicted octanol–water partition coefficient (Wildman–Crippen LogP) is 2.53. The quantitative estimate of drug-likeness (QED) is 0.642. The minimum absolute atomic E-state index is 0.702. The van der Waals surface area contributed by atoms with E-state index in [2.05, 4.69) is 72.8 Å². The monoisotopic (exact) mass is 392 g/mol. The van der Waals surface area contributed by atoms with Gasteiger partial charge in [0.1, 0.15) is 5.82 Å². The molecule has 0 radical (unpaired) electrons. The Bertz CT molecular complexity index is 706. The SMILES string of the molecule is CN=C(NCc1cn2c(n1)CCCC2)N(C)Cc1cc(Br)cn1C. The number of halogens is 1. The van der Waals surface area contributed by atoms with Crippen LogP contribution in [-0.2, 0) is 33.1 Å². The molecule has 0 amide bonds. The van der Waals surface area contributed by atoms with Crippen LogP contribution in [0.4, 0.5) is 0 Å². The number of aliphatic imine (C=N–C) groups is 1. The number of imidazole rings is 1. The topological polar surface area (TPSA) is 50.4 Å². The number of aromatic nitrogens is 3.